The van der Waals surface area contributed by atoms with Crippen LogP contribution in [0.25, 0.3) is 17.0 Å². The van der Waals surface area contributed by atoms with Crippen LogP contribution in [0.15, 0.2) is 41.5 Å². The minimum atomic E-state index is -0.272. The number of fused-ring (bicyclic) bond motifs is 1. The summed E-state index contributed by atoms with van der Waals surface area (Å²) in [5.74, 6) is 0.338. The monoisotopic (exact) mass is 213 g/mol. The van der Waals surface area contributed by atoms with Crippen molar-refractivity contribution in [2.75, 3.05) is 0 Å². The molecule has 6 heteroatoms. The van der Waals surface area contributed by atoms with Gasteiger partial charge in [0.1, 0.15) is 6.33 Å². The van der Waals surface area contributed by atoms with Crippen molar-refractivity contribution in [2.24, 2.45) is 0 Å². The topological polar surface area (TPSA) is 75.9 Å². The average Bonchev–Trinajstić information content (AvgIpc) is 2.76. The Bertz CT molecular complexity index is 685. The van der Waals surface area contributed by atoms with Gasteiger partial charge in [-0.15, -0.1) is 14.8 Å². The third-order valence-electron chi connectivity index (χ3n) is 2.21. The van der Waals surface area contributed by atoms with E-state index in [4.69, 9.17) is 0 Å². The van der Waals surface area contributed by atoms with Crippen molar-refractivity contribution in [3.05, 3.63) is 47.0 Å². The van der Waals surface area contributed by atoms with Gasteiger partial charge in [-0.25, -0.2) is 0 Å². The van der Waals surface area contributed by atoms with E-state index in [-0.39, 0.29) is 5.56 Å². The van der Waals surface area contributed by atoms with Gasteiger partial charge in [-0.3, -0.25) is 9.78 Å². The van der Waals surface area contributed by atoms with Gasteiger partial charge in [-0.1, -0.05) is 30.3 Å². The van der Waals surface area contributed by atoms with Gasteiger partial charge in [0.25, 0.3) is 11.3 Å². The van der Waals surface area contributed by atoms with E-state index in [2.05, 4.69) is 20.2 Å². The molecule has 2 aromatic heterocycles. The van der Waals surface area contributed by atoms with Crippen LogP contribution in [0.3, 0.4) is 0 Å². The van der Waals surface area contributed by atoms with E-state index in [1.54, 1.807) is 0 Å². The zero-order valence-electron chi connectivity index (χ0n) is 8.16. The van der Waals surface area contributed by atoms with Gasteiger partial charge in [0, 0.05) is 5.56 Å². The van der Waals surface area contributed by atoms with Gasteiger partial charge in [-0.05, 0) is 0 Å². The first-order valence-corrected chi connectivity index (χ1v) is 4.70. The lowest BCUT2D eigenvalue weighted by molar-refractivity contribution is 0.780. The summed E-state index contributed by atoms with van der Waals surface area (Å²) >= 11 is 0. The summed E-state index contributed by atoms with van der Waals surface area (Å²) in [6.07, 6.45) is 1.34. The number of aromatic amines is 1. The van der Waals surface area contributed by atoms with Gasteiger partial charge < -0.3 is 0 Å². The van der Waals surface area contributed by atoms with E-state index in [9.17, 15) is 4.79 Å². The third-order valence-corrected chi connectivity index (χ3v) is 2.21. The van der Waals surface area contributed by atoms with Crippen molar-refractivity contribution in [1.82, 2.24) is 24.8 Å². The normalized spacial score (nSPS) is 10.8. The summed E-state index contributed by atoms with van der Waals surface area (Å²) in [5.41, 5.74) is 0.812. The summed E-state index contributed by atoms with van der Waals surface area (Å²) in [6.45, 7) is 0. The summed E-state index contributed by atoms with van der Waals surface area (Å²) in [4.78, 5) is 18.2. The quantitative estimate of drug-likeness (QED) is 0.637. The second-order valence-corrected chi connectivity index (χ2v) is 3.24. The fraction of sp³-hybridized carbons (Fsp3) is 0. The molecule has 0 saturated heterocycles. The SMILES string of the molecule is O=c1[nH]c2ncnn2nc1-c1ccccc1. The molecule has 16 heavy (non-hydrogen) atoms. The largest absolute Gasteiger partial charge is 0.288 e. The fourth-order valence-corrected chi connectivity index (χ4v) is 1.48. The maximum Gasteiger partial charge on any atom is 0.279 e. The fourth-order valence-electron chi connectivity index (χ4n) is 1.48. The molecular formula is C10H7N5O. The van der Waals surface area contributed by atoms with Crippen LogP contribution in [-0.4, -0.2) is 24.8 Å². The molecule has 0 spiro atoms. The van der Waals surface area contributed by atoms with Crippen LogP contribution < -0.4 is 5.56 Å². The van der Waals surface area contributed by atoms with E-state index in [0.717, 1.165) is 5.56 Å². The Morgan fingerprint density at radius 2 is 2.00 bits per heavy atom. The Hall–Kier alpha value is -2.50. The molecule has 0 radical (unpaired) electrons. The van der Waals surface area contributed by atoms with Crippen LogP contribution in [0, 0.1) is 0 Å². The first kappa shape index (κ1) is 8.78. The molecule has 1 aromatic carbocycles. The van der Waals surface area contributed by atoms with E-state index >= 15 is 0 Å². The van der Waals surface area contributed by atoms with Gasteiger partial charge in [0.2, 0.25) is 0 Å². The molecule has 0 bridgehead atoms. The molecular weight excluding hydrogens is 206 g/mol. The zero-order chi connectivity index (χ0) is 11.0. The molecule has 0 aliphatic heterocycles. The Morgan fingerprint density at radius 3 is 2.81 bits per heavy atom. The molecule has 78 valence electrons. The maximum absolute atomic E-state index is 11.7. The molecule has 0 unspecified atom stereocenters. The lowest BCUT2D eigenvalue weighted by Gasteiger charge is -1.98. The Balaban J connectivity index is 2.31. The van der Waals surface area contributed by atoms with Crippen LogP contribution in [0.5, 0.6) is 0 Å². The highest BCUT2D eigenvalue weighted by atomic mass is 16.1. The highest BCUT2D eigenvalue weighted by molar-refractivity contribution is 5.57. The first-order chi connectivity index (χ1) is 7.84. The number of nitrogens with one attached hydrogen (secondary N) is 1. The summed E-state index contributed by atoms with van der Waals surface area (Å²) in [6, 6.07) is 9.22. The second kappa shape index (κ2) is 3.27. The minimum Gasteiger partial charge on any atom is -0.288 e. The second-order valence-electron chi connectivity index (χ2n) is 3.24. The number of hydrogen-bond acceptors (Lipinski definition) is 4. The smallest absolute Gasteiger partial charge is 0.279 e. The van der Waals surface area contributed by atoms with E-state index in [1.165, 1.54) is 11.0 Å². The summed E-state index contributed by atoms with van der Waals surface area (Å²) in [5, 5.41) is 7.97. The lowest BCUT2D eigenvalue weighted by Crippen LogP contribution is -2.15. The van der Waals surface area contributed by atoms with Crippen molar-refractivity contribution in [3.8, 4) is 11.3 Å². The predicted molar refractivity (Wildman–Crippen MR) is 56.8 cm³/mol. The van der Waals surface area contributed by atoms with Crippen molar-refractivity contribution >= 4 is 5.78 Å². The molecule has 3 aromatic rings. The molecule has 0 aliphatic carbocycles. The van der Waals surface area contributed by atoms with Crippen molar-refractivity contribution in [3.63, 3.8) is 0 Å². The molecule has 0 fully saturated rings. The Morgan fingerprint density at radius 1 is 1.19 bits per heavy atom. The standard InChI is InChI=1S/C10H7N5O/c16-9-8(7-4-2-1-3-5-7)14-15-10(13-9)11-6-12-15/h1-6H,(H,11,12,13,16). The highest BCUT2D eigenvalue weighted by Gasteiger charge is 2.07. The highest BCUT2D eigenvalue weighted by Crippen LogP contribution is 2.10. The summed E-state index contributed by atoms with van der Waals surface area (Å²) < 4.78 is 1.30. The van der Waals surface area contributed by atoms with E-state index in [0.29, 0.717) is 11.5 Å². The van der Waals surface area contributed by atoms with Crippen molar-refractivity contribution < 1.29 is 0 Å². The Labute approximate surface area is 89.6 Å². The number of H-pyrrole nitrogens is 1. The number of rotatable bonds is 1. The lowest BCUT2D eigenvalue weighted by atomic mass is 10.2. The zero-order valence-corrected chi connectivity index (χ0v) is 8.16. The predicted octanol–water partition coefficient (Wildman–Crippen LogP) is 0.480. The molecule has 2 heterocycles. The molecule has 3 rings (SSSR count). The molecule has 0 amide bonds. The third kappa shape index (κ3) is 1.28. The van der Waals surface area contributed by atoms with Crippen LogP contribution in [0.4, 0.5) is 0 Å². The van der Waals surface area contributed by atoms with E-state index < -0.39 is 0 Å². The van der Waals surface area contributed by atoms with Gasteiger partial charge in [-0.2, -0.15) is 4.98 Å². The number of aromatic nitrogens is 5. The van der Waals surface area contributed by atoms with Crippen LogP contribution in [-0.2, 0) is 0 Å². The van der Waals surface area contributed by atoms with Crippen LogP contribution in [0.1, 0.15) is 0 Å². The minimum absolute atomic E-state index is 0.272. The summed E-state index contributed by atoms with van der Waals surface area (Å²) in [7, 11) is 0. The molecule has 1 N–H and O–H groups in total. The molecule has 0 aliphatic rings. The van der Waals surface area contributed by atoms with Gasteiger partial charge in [0.05, 0.1) is 0 Å². The van der Waals surface area contributed by atoms with Gasteiger partial charge in [0.15, 0.2) is 5.69 Å². The molecule has 6 nitrogen and oxygen atoms in total. The molecule has 0 saturated carbocycles. The van der Waals surface area contributed by atoms with Crippen molar-refractivity contribution in [1.29, 1.82) is 0 Å². The maximum atomic E-state index is 11.7. The Kier molecular flexibility index (Phi) is 1.79. The molecule has 0 atom stereocenters. The van der Waals surface area contributed by atoms with Crippen molar-refractivity contribution in [2.45, 2.75) is 0 Å². The van der Waals surface area contributed by atoms with Crippen LogP contribution in [0.2, 0.25) is 0 Å². The first-order valence-electron chi connectivity index (χ1n) is 4.70. The number of nitrogens with zero attached hydrogens (tertiary/aromatic N) is 4. The number of hydrogen-bond donors (Lipinski definition) is 1. The van der Waals surface area contributed by atoms with Crippen LogP contribution >= 0.6 is 0 Å². The average molecular weight is 213 g/mol. The van der Waals surface area contributed by atoms with E-state index in [1.807, 2.05) is 30.3 Å². The number of benzene rings is 1. The van der Waals surface area contributed by atoms with Gasteiger partial charge >= 0.3 is 0 Å².